The number of hydrogen-bond donors (Lipinski definition) is 0. The average Bonchev–Trinajstić information content (AvgIpc) is 3.30. The number of amides is 1. The second-order valence-corrected chi connectivity index (χ2v) is 7.05. The van der Waals surface area contributed by atoms with Gasteiger partial charge in [0.25, 0.3) is 0 Å². The van der Waals surface area contributed by atoms with Gasteiger partial charge < -0.3 is 9.32 Å². The largest absolute Gasteiger partial charge is 0.462 e. The van der Waals surface area contributed by atoms with Gasteiger partial charge in [0, 0.05) is 12.6 Å². The van der Waals surface area contributed by atoms with Crippen molar-refractivity contribution in [1.82, 2.24) is 9.88 Å². The highest BCUT2D eigenvalue weighted by Gasteiger charge is 2.31. The van der Waals surface area contributed by atoms with E-state index in [0.29, 0.717) is 5.76 Å². The summed E-state index contributed by atoms with van der Waals surface area (Å²) in [5, 5.41) is 1.03. The number of carbonyl (C=O) groups is 1. The van der Waals surface area contributed by atoms with Crippen LogP contribution in [0.1, 0.15) is 35.4 Å². The predicted molar refractivity (Wildman–Crippen MR) is 95.8 cm³/mol. The van der Waals surface area contributed by atoms with Crippen LogP contribution in [0.3, 0.4) is 0 Å². The number of rotatable bonds is 3. The summed E-state index contributed by atoms with van der Waals surface area (Å²) >= 11 is 1.69. The van der Waals surface area contributed by atoms with Crippen LogP contribution in [-0.2, 0) is 4.79 Å². The van der Waals surface area contributed by atoms with Gasteiger partial charge in [-0.1, -0.05) is 12.1 Å². The van der Waals surface area contributed by atoms with Gasteiger partial charge >= 0.3 is 0 Å². The number of benzene rings is 1. The van der Waals surface area contributed by atoms with Gasteiger partial charge in [-0.15, -0.1) is 11.3 Å². The average molecular weight is 338 g/mol. The van der Waals surface area contributed by atoms with Gasteiger partial charge in [0.15, 0.2) is 0 Å². The molecule has 0 N–H and O–H groups in total. The van der Waals surface area contributed by atoms with Crippen molar-refractivity contribution < 1.29 is 9.21 Å². The number of fused-ring (bicyclic) bond motifs is 1. The van der Waals surface area contributed by atoms with Gasteiger partial charge in [0.1, 0.15) is 16.5 Å². The summed E-state index contributed by atoms with van der Waals surface area (Å²) < 4.78 is 6.65. The van der Waals surface area contributed by atoms with Crippen molar-refractivity contribution in [3.8, 4) is 0 Å². The van der Waals surface area contributed by atoms with Gasteiger partial charge in [-0.2, -0.15) is 0 Å². The highest BCUT2D eigenvalue weighted by molar-refractivity contribution is 7.18. The van der Waals surface area contributed by atoms with E-state index in [1.165, 1.54) is 4.70 Å². The molecule has 1 aromatic carbocycles. The summed E-state index contributed by atoms with van der Waals surface area (Å²) in [6.45, 7) is 2.67. The van der Waals surface area contributed by atoms with E-state index in [2.05, 4.69) is 6.07 Å². The topological polar surface area (TPSA) is 46.3 Å². The Bertz CT molecular complexity index is 876. The van der Waals surface area contributed by atoms with Crippen LogP contribution in [0.4, 0.5) is 0 Å². The van der Waals surface area contributed by atoms with Gasteiger partial charge in [-0.3, -0.25) is 4.79 Å². The molecule has 0 saturated carbocycles. The quantitative estimate of drug-likeness (QED) is 0.657. The molecule has 1 amide bonds. The Morgan fingerprint density at radius 3 is 3.00 bits per heavy atom. The number of carbonyl (C=O) groups excluding carboxylic acids is 1. The molecule has 1 fully saturated rings. The summed E-state index contributed by atoms with van der Waals surface area (Å²) in [6, 6.07) is 12.0. The van der Waals surface area contributed by atoms with Crippen LogP contribution in [0.5, 0.6) is 0 Å². The van der Waals surface area contributed by atoms with Crippen LogP contribution in [0.15, 0.2) is 46.9 Å². The standard InChI is InChI=1S/C19H18N2O2S/c1-13-8-9-14(23-13)10-11-18(22)21-12-4-6-16(21)19-20-15-5-2-3-7-17(15)24-19/h2-3,5,7-11,16H,4,6,12H2,1H3. The summed E-state index contributed by atoms with van der Waals surface area (Å²) in [4.78, 5) is 19.3. The molecule has 1 aliphatic heterocycles. The fourth-order valence-corrected chi connectivity index (χ4v) is 4.23. The molecule has 0 aliphatic carbocycles. The molecule has 0 radical (unpaired) electrons. The van der Waals surface area contributed by atoms with E-state index in [1.807, 2.05) is 42.2 Å². The molecule has 1 atom stereocenters. The number of nitrogens with zero attached hydrogens (tertiary/aromatic N) is 2. The normalized spacial score (nSPS) is 18.0. The molecule has 4 nitrogen and oxygen atoms in total. The lowest BCUT2D eigenvalue weighted by molar-refractivity contribution is -0.126. The SMILES string of the molecule is Cc1ccc(C=CC(=O)N2CCCC2c2nc3ccccc3s2)o1. The van der Waals surface area contributed by atoms with Gasteiger partial charge in [-0.05, 0) is 50.1 Å². The van der Waals surface area contributed by atoms with Crippen LogP contribution >= 0.6 is 11.3 Å². The van der Waals surface area contributed by atoms with Crippen molar-refractivity contribution in [2.45, 2.75) is 25.8 Å². The maximum absolute atomic E-state index is 12.6. The molecule has 3 heterocycles. The molecule has 1 saturated heterocycles. The third-order valence-electron chi connectivity index (χ3n) is 4.28. The minimum absolute atomic E-state index is 0.0193. The minimum atomic E-state index is 0.0193. The van der Waals surface area contributed by atoms with Gasteiger partial charge in [0.2, 0.25) is 5.91 Å². The van der Waals surface area contributed by atoms with Crippen molar-refractivity contribution in [3.63, 3.8) is 0 Å². The molecule has 5 heteroatoms. The molecule has 0 bridgehead atoms. The first-order valence-corrected chi connectivity index (χ1v) is 8.93. The zero-order valence-corrected chi connectivity index (χ0v) is 14.3. The second-order valence-electron chi connectivity index (χ2n) is 5.99. The molecule has 24 heavy (non-hydrogen) atoms. The Balaban J connectivity index is 1.55. The highest BCUT2D eigenvalue weighted by Crippen LogP contribution is 2.36. The summed E-state index contributed by atoms with van der Waals surface area (Å²) in [5.41, 5.74) is 1.01. The number of aryl methyl sites for hydroxylation is 1. The van der Waals surface area contributed by atoms with Crippen molar-refractivity contribution in [2.75, 3.05) is 6.54 Å². The first kappa shape index (κ1) is 15.1. The van der Waals surface area contributed by atoms with E-state index in [4.69, 9.17) is 9.40 Å². The van der Waals surface area contributed by atoms with Crippen LogP contribution < -0.4 is 0 Å². The Morgan fingerprint density at radius 2 is 2.21 bits per heavy atom. The molecule has 1 aliphatic rings. The van der Waals surface area contributed by atoms with Gasteiger partial charge in [-0.25, -0.2) is 4.98 Å². The molecular formula is C19H18N2O2S. The summed E-state index contributed by atoms with van der Waals surface area (Å²) in [5.74, 6) is 1.57. The maximum atomic E-state index is 12.6. The van der Waals surface area contributed by atoms with E-state index >= 15 is 0 Å². The van der Waals surface area contributed by atoms with Crippen LogP contribution in [0.2, 0.25) is 0 Å². The monoisotopic (exact) mass is 338 g/mol. The fourth-order valence-electron chi connectivity index (χ4n) is 3.11. The predicted octanol–water partition coefficient (Wildman–Crippen LogP) is 4.57. The zero-order chi connectivity index (χ0) is 16.5. The van der Waals surface area contributed by atoms with Crippen molar-refractivity contribution in [1.29, 1.82) is 0 Å². The maximum Gasteiger partial charge on any atom is 0.247 e. The Morgan fingerprint density at radius 1 is 1.33 bits per heavy atom. The first-order valence-electron chi connectivity index (χ1n) is 8.11. The lowest BCUT2D eigenvalue weighted by Gasteiger charge is -2.21. The Labute approximate surface area is 144 Å². The first-order chi connectivity index (χ1) is 11.7. The Kier molecular flexibility index (Phi) is 3.94. The van der Waals surface area contributed by atoms with Crippen LogP contribution in [0.25, 0.3) is 16.3 Å². The van der Waals surface area contributed by atoms with E-state index in [9.17, 15) is 4.79 Å². The summed E-state index contributed by atoms with van der Waals surface area (Å²) in [6.07, 6.45) is 5.33. The molecular weight excluding hydrogens is 320 g/mol. The lowest BCUT2D eigenvalue weighted by Crippen LogP contribution is -2.28. The smallest absolute Gasteiger partial charge is 0.247 e. The lowest BCUT2D eigenvalue weighted by atomic mass is 10.2. The Hall–Kier alpha value is -2.40. The number of para-hydroxylation sites is 1. The van der Waals surface area contributed by atoms with Crippen LogP contribution in [0, 0.1) is 6.92 Å². The van der Waals surface area contributed by atoms with Gasteiger partial charge in [0.05, 0.1) is 16.3 Å². The van der Waals surface area contributed by atoms with E-state index in [-0.39, 0.29) is 11.9 Å². The summed E-state index contributed by atoms with van der Waals surface area (Å²) in [7, 11) is 0. The third-order valence-corrected chi connectivity index (χ3v) is 5.42. The van der Waals surface area contributed by atoms with E-state index in [1.54, 1.807) is 23.5 Å². The molecule has 2 aromatic heterocycles. The fraction of sp³-hybridized carbons (Fsp3) is 0.263. The molecule has 122 valence electrons. The van der Waals surface area contributed by atoms with E-state index in [0.717, 1.165) is 35.7 Å². The number of thiazole rings is 1. The number of aromatic nitrogens is 1. The number of hydrogen-bond acceptors (Lipinski definition) is 4. The zero-order valence-electron chi connectivity index (χ0n) is 13.4. The van der Waals surface area contributed by atoms with Crippen molar-refractivity contribution in [3.05, 3.63) is 59.0 Å². The van der Waals surface area contributed by atoms with Crippen molar-refractivity contribution in [2.24, 2.45) is 0 Å². The molecule has 1 unspecified atom stereocenters. The van der Waals surface area contributed by atoms with Crippen molar-refractivity contribution >= 4 is 33.5 Å². The third kappa shape index (κ3) is 2.87. The number of furan rings is 1. The molecule has 0 spiro atoms. The molecule has 4 rings (SSSR count). The highest BCUT2D eigenvalue weighted by atomic mass is 32.1. The number of likely N-dealkylation sites (tertiary alicyclic amines) is 1. The van der Waals surface area contributed by atoms with E-state index < -0.39 is 0 Å². The second kappa shape index (κ2) is 6.24. The molecule has 3 aromatic rings. The van der Waals surface area contributed by atoms with Crippen LogP contribution in [-0.4, -0.2) is 22.3 Å². The minimum Gasteiger partial charge on any atom is -0.462 e.